The van der Waals surface area contributed by atoms with Crippen molar-refractivity contribution >= 4 is 23.2 Å². The molecule has 1 heterocycles. The third-order valence-corrected chi connectivity index (χ3v) is 3.82. The number of hydrogen-bond donors (Lipinski definition) is 2. The van der Waals surface area contributed by atoms with E-state index in [2.05, 4.69) is 15.6 Å². The van der Waals surface area contributed by atoms with Gasteiger partial charge in [-0.3, -0.25) is 9.59 Å². The summed E-state index contributed by atoms with van der Waals surface area (Å²) in [6.07, 6.45) is 1.98. The molecule has 0 bridgehead atoms. The summed E-state index contributed by atoms with van der Waals surface area (Å²) in [6.45, 7) is 4.52. The van der Waals surface area contributed by atoms with Gasteiger partial charge >= 0.3 is 0 Å². The molecular formula is C13H19N3O2S. The molecule has 1 aliphatic carbocycles. The van der Waals surface area contributed by atoms with Gasteiger partial charge in [-0.15, -0.1) is 11.3 Å². The van der Waals surface area contributed by atoms with Crippen molar-refractivity contribution in [3.05, 3.63) is 16.6 Å². The first-order chi connectivity index (χ1) is 9.08. The second kappa shape index (κ2) is 6.14. The van der Waals surface area contributed by atoms with Gasteiger partial charge in [0.2, 0.25) is 5.91 Å². The smallest absolute Gasteiger partial charge is 0.271 e. The molecular weight excluding hydrogens is 262 g/mol. The van der Waals surface area contributed by atoms with E-state index < -0.39 is 0 Å². The summed E-state index contributed by atoms with van der Waals surface area (Å²) in [4.78, 5) is 27.5. The normalized spacial score (nSPS) is 16.2. The maximum atomic E-state index is 11.9. The van der Waals surface area contributed by atoms with Crippen LogP contribution in [0.2, 0.25) is 0 Å². The van der Waals surface area contributed by atoms with E-state index in [1.165, 1.54) is 11.3 Å². The molecule has 2 rings (SSSR count). The Morgan fingerprint density at radius 1 is 1.47 bits per heavy atom. The largest absolute Gasteiger partial charge is 0.354 e. The van der Waals surface area contributed by atoms with Crippen LogP contribution in [-0.4, -0.2) is 29.4 Å². The van der Waals surface area contributed by atoms with Crippen LogP contribution in [0.4, 0.5) is 0 Å². The van der Waals surface area contributed by atoms with Crippen LogP contribution in [-0.2, 0) is 4.79 Å². The SMILES string of the molecule is CC(C)C(CNC(=O)C1CC1)NC(=O)c1cscn1. The minimum Gasteiger partial charge on any atom is -0.354 e. The molecule has 0 saturated heterocycles. The Bertz CT molecular complexity index is 441. The third kappa shape index (κ3) is 4.02. The fraction of sp³-hybridized carbons (Fsp3) is 0.615. The molecule has 6 heteroatoms. The minimum absolute atomic E-state index is 0.0723. The van der Waals surface area contributed by atoms with Crippen molar-refractivity contribution in [3.8, 4) is 0 Å². The molecule has 2 N–H and O–H groups in total. The maximum Gasteiger partial charge on any atom is 0.271 e. The lowest BCUT2D eigenvalue weighted by Gasteiger charge is -2.22. The molecule has 2 amide bonds. The second-order valence-corrected chi connectivity index (χ2v) is 5.94. The minimum atomic E-state index is -0.180. The summed E-state index contributed by atoms with van der Waals surface area (Å²) in [5, 5.41) is 7.55. The van der Waals surface area contributed by atoms with Gasteiger partial charge in [-0.05, 0) is 18.8 Å². The molecule has 0 spiro atoms. The number of nitrogens with one attached hydrogen (secondary N) is 2. The average Bonchev–Trinajstić information content (AvgIpc) is 3.08. The van der Waals surface area contributed by atoms with Gasteiger partial charge in [0.05, 0.1) is 5.51 Å². The Labute approximate surface area is 116 Å². The van der Waals surface area contributed by atoms with E-state index in [0.717, 1.165) is 12.8 Å². The van der Waals surface area contributed by atoms with E-state index in [1.807, 2.05) is 13.8 Å². The van der Waals surface area contributed by atoms with E-state index >= 15 is 0 Å². The Morgan fingerprint density at radius 3 is 2.74 bits per heavy atom. The zero-order valence-electron chi connectivity index (χ0n) is 11.2. The van der Waals surface area contributed by atoms with Crippen LogP contribution in [0.1, 0.15) is 37.2 Å². The summed E-state index contributed by atoms with van der Waals surface area (Å²) in [6, 6.07) is -0.0723. The standard InChI is InChI=1S/C13H19N3O2S/c1-8(2)10(5-14-12(17)9-3-4-9)16-13(18)11-6-19-7-15-11/h6-10H,3-5H2,1-2H3,(H,14,17)(H,16,18). The molecule has 0 aliphatic heterocycles. The van der Waals surface area contributed by atoms with Crippen LogP contribution in [0, 0.1) is 11.8 Å². The lowest BCUT2D eigenvalue weighted by Crippen LogP contribution is -2.47. The molecule has 1 fully saturated rings. The van der Waals surface area contributed by atoms with Gasteiger partial charge < -0.3 is 10.6 Å². The van der Waals surface area contributed by atoms with Gasteiger partial charge in [0, 0.05) is 23.9 Å². The lowest BCUT2D eigenvalue weighted by molar-refractivity contribution is -0.122. The zero-order valence-corrected chi connectivity index (χ0v) is 12.0. The summed E-state index contributed by atoms with van der Waals surface area (Å²) >= 11 is 1.39. The maximum absolute atomic E-state index is 11.9. The number of nitrogens with zero attached hydrogens (tertiary/aromatic N) is 1. The van der Waals surface area contributed by atoms with Crippen LogP contribution in [0.5, 0.6) is 0 Å². The van der Waals surface area contributed by atoms with Crippen molar-refractivity contribution in [3.63, 3.8) is 0 Å². The molecule has 0 radical (unpaired) electrons. The number of amides is 2. The molecule has 1 atom stereocenters. The van der Waals surface area contributed by atoms with Gasteiger partial charge in [-0.1, -0.05) is 13.8 Å². The Balaban J connectivity index is 1.85. The second-order valence-electron chi connectivity index (χ2n) is 5.22. The molecule has 5 nitrogen and oxygen atoms in total. The molecule has 104 valence electrons. The van der Waals surface area contributed by atoms with Crippen molar-refractivity contribution in [2.24, 2.45) is 11.8 Å². The van der Waals surface area contributed by atoms with E-state index in [4.69, 9.17) is 0 Å². The Hall–Kier alpha value is -1.43. The average molecular weight is 281 g/mol. The van der Waals surface area contributed by atoms with Crippen LogP contribution in [0.15, 0.2) is 10.9 Å². The van der Waals surface area contributed by atoms with Crippen LogP contribution in [0.3, 0.4) is 0 Å². The van der Waals surface area contributed by atoms with E-state index in [9.17, 15) is 9.59 Å². The van der Waals surface area contributed by atoms with Crippen molar-refractivity contribution in [1.29, 1.82) is 0 Å². The fourth-order valence-electron chi connectivity index (χ4n) is 1.72. The van der Waals surface area contributed by atoms with Crippen molar-refractivity contribution in [1.82, 2.24) is 15.6 Å². The number of aromatic nitrogens is 1. The Morgan fingerprint density at radius 2 is 2.21 bits per heavy atom. The highest BCUT2D eigenvalue weighted by atomic mass is 32.1. The molecule has 1 aromatic rings. The number of hydrogen-bond acceptors (Lipinski definition) is 4. The quantitative estimate of drug-likeness (QED) is 0.828. The fourth-order valence-corrected chi connectivity index (χ4v) is 2.25. The third-order valence-electron chi connectivity index (χ3n) is 3.23. The predicted octanol–water partition coefficient (Wildman–Crippen LogP) is 1.42. The monoisotopic (exact) mass is 281 g/mol. The summed E-state index contributed by atoms with van der Waals surface area (Å²) in [5.41, 5.74) is 2.07. The van der Waals surface area contributed by atoms with Crippen LogP contribution >= 0.6 is 11.3 Å². The van der Waals surface area contributed by atoms with E-state index in [0.29, 0.717) is 12.2 Å². The molecule has 1 aromatic heterocycles. The van der Waals surface area contributed by atoms with Crippen molar-refractivity contribution in [2.45, 2.75) is 32.7 Å². The van der Waals surface area contributed by atoms with Crippen molar-refractivity contribution in [2.75, 3.05) is 6.54 Å². The highest BCUT2D eigenvalue weighted by Crippen LogP contribution is 2.28. The first-order valence-electron chi connectivity index (χ1n) is 6.54. The predicted molar refractivity (Wildman–Crippen MR) is 73.9 cm³/mol. The van der Waals surface area contributed by atoms with E-state index in [1.54, 1.807) is 10.9 Å². The lowest BCUT2D eigenvalue weighted by atomic mass is 10.0. The first kappa shape index (κ1) is 14.0. The van der Waals surface area contributed by atoms with Gasteiger partial charge in [0.15, 0.2) is 0 Å². The van der Waals surface area contributed by atoms with Crippen LogP contribution < -0.4 is 10.6 Å². The summed E-state index contributed by atoms with van der Waals surface area (Å²) < 4.78 is 0. The highest BCUT2D eigenvalue weighted by Gasteiger charge is 2.30. The number of carbonyl (C=O) groups is 2. The topological polar surface area (TPSA) is 71.1 Å². The number of carbonyl (C=O) groups excluding carboxylic acids is 2. The molecule has 1 saturated carbocycles. The van der Waals surface area contributed by atoms with E-state index in [-0.39, 0.29) is 29.7 Å². The zero-order chi connectivity index (χ0) is 13.8. The Kier molecular flexibility index (Phi) is 4.52. The van der Waals surface area contributed by atoms with Gasteiger partial charge in [0.1, 0.15) is 5.69 Å². The summed E-state index contributed by atoms with van der Waals surface area (Å²) in [5.74, 6) is 0.373. The van der Waals surface area contributed by atoms with Crippen LogP contribution in [0.25, 0.3) is 0 Å². The van der Waals surface area contributed by atoms with Gasteiger partial charge in [-0.25, -0.2) is 4.98 Å². The van der Waals surface area contributed by atoms with Gasteiger partial charge in [-0.2, -0.15) is 0 Å². The van der Waals surface area contributed by atoms with Gasteiger partial charge in [0.25, 0.3) is 5.91 Å². The van der Waals surface area contributed by atoms with Crippen molar-refractivity contribution < 1.29 is 9.59 Å². The molecule has 0 aromatic carbocycles. The molecule has 19 heavy (non-hydrogen) atoms. The molecule has 1 aliphatic rings. The number of thiazole rings is 1. The first-order valence-corrected chi connectivity index (χ1v) is 7.49. The summed E-state index contributed by atoms with van der Waals surface area (Å²) in [7, 11) is 0. The highest BCUT2D eigenvalue weighted by molar-refractivity contribution is 7.07. The molecule has 1 unspecified atom stereocenters. The number of rotatable bonds is 6.